The van der Waals surface area contributed by atoms with Gasteiger partial charge in [-0.1, -0.05) is 18.2 Å². The van der Waals surface area contributed by atoms with E-state index in [9.17, 15) is 14.7 Å². The molecular formula is C20H26N2O4. The number of benzene rings is 1. The van der Waals surface area contributed by atoms with E-state index in [1.165, 1.54) is 4.90 Å². The van der Waals surface area contributed by atoms with Crippen LogP contribution in [-0.4, -0.2) is 51.6 Å². The Labute approximate surface area is 153 Å². The topological polar surface area (TPSA) is 70.1 Å². The number of carbonyl (C=O) groups is 2. The Morgan fingerprint density at radius 2 is 2.00 bits per heavy atom. The van der Waals surface area contributed by atoms with E-state index in [1.54, 1.807) is 23.1 Å². The molecule has 140 valence electrons. The van der Waals surface area contributed by atoms with Crippen LogP contribution in [0.1, 0.15) is 55.8 Å². The second-order valence-corrected chi connectivity index (χ2v) is 8.62. The van der Waals surface area contributed by atoms with Crippen molar-refractivity contribution in [3.63, 3.8) is 0 Å². The van der Waals surface area contributed by atoms with Crippen molar-refractivity contribution in [2.45, 2.75) is 51.5 Å². The summed E-state index contributed by atoms with van der Waals surface area (Å²) in [4.78, 5) is 28.7. The molecule has 1 aromatic rings. The highest BCUT2D eigenvalue weighted by molar-refractivity contribution is 5.98. The van der Waals surface area contributed by atoms with Gasteiger partial charge < -0.3 is 19.6 Å². The van der Waals surface area contributed by atoms with Crippen molar-refractivity contribution >= 4 is 12.0 Å². The zero-order valence-electron chi connectivity index (χ0n) is 15.5. The van der Waals surface area contributed by atoms with Crippen molar-refractivity contribution in [1.29, 1.82) is 0 Å². The van der Waals surface area contributed by atoms with Gasteiger partial charge in [-0.15, -0.1) is 0 Å². The predicted molar refractivity (Wildman–Crippen MR) is 95.4 cm³/mol. The third kappa shape index (κ3) is 2.76. The maximum absolute atomic E-state index is 12.7. The Balaban J connectivity index is 1.54. The van der Waals surface area contributed by atoms with Gasteiger partial charge in [0.25, 0.3) is 5.91 Å². The minimum absolute atomic E-state index is 0.100. The second kappa shape index (κ2) is 5.98. The van der Waals surface area contributed by atoms with Gasteiger partial charge in [-0.3, -0.25) is 4.79 Å². The highest BCUT2D eigenvalue weighted by atomic mass is 16.6. The van der Waals surface area contributed by atoms with Crippen LogP contribution in [0.5, 0.6) is 0 Å². The lowest BCUT2D eigenvalue weighted by Crippen LogP contribution is -2.48. The van der Waals surface area contributed by atoms with Crippen LogP contribution >= 0.6 is 0 Å². The van der Waals surface area contributed by atoms with E-state index in [2.05, 4.69) is 0 Å². The number of hydrogen-bond donors (Lipinski definition) is 1. The summed E-state index contributed by atoms with van der Waals surface area (Å²) >= 11 is 0. The molecule has 0 bridgehead atoms. The lowest BCUT2D eigenvalue weighted by molar-refractivity contribution is -0.00828. The highest BCUT2D eigenvalue weighted by Gasteiger charge is 2.51. The molecule has 2 amide bonds. The first-order valence-corrected chi connectivity index (χ1v) is 9.34. The van der Waals surface area contributed by atoms with Crippen molar-refractivity contribution in [1.82, 2.24) is 9.80 Å². The van der Waals surface area contributed by atoms with Crippen LogP contribution in [0, 0.1) is 11.8 Å². The number of hydrogen-bond acceptors (Lipinski definition) is 4. The Bertz CT molecular complexity index is 742. The molecule has 4 rings (SSSR count). The SMILES string of the molecule is CC(C)(C)OC(=O)N1CC2CCC2C1CN1C(=O)c2ccccc2C1O. The van der Waals surface area contributed by atoms with Crippen molar-refractivity contribution in [3.8, 4) is 0 Å². The number of aliphatic hydroxyl groups excluding tert-OH is 1. The van der Waals surface area contributed by atoms with Crippen LogP contribution < -0.4 is 0 Å². The van der Waals surface area contributed by atoms with Gasteiger partial charge in [-0.2, -0.15) is 0 Å². The molecule has 1 aromatic carbocycles. The third-order valence-corrected chi connectivity index (χ3v) is 5.84. The standard InChI is InChI=1S/C20H26N2O4/c1-20(2,3)26-19(25)21-10-12-8-9-13(12)16(21)11-22-17(23)14-6-4-5-7-15(14)18(22)24/h4-7,12-13,16-17,23H,8-11H2,1-3H3. The Kier molecular flexibility index (Phi) is 3.99. The van der Waals surface area contributed by atoms with Gasteiger partial charge >= 0.3 is 6.09 Å². The van der Waals surface area contributed by atoms with Gasteiger partial charge in [-0.05, 0) is 51.5 Å². The monoisotopic (exact) mass is 358 g/mol. The normalized spacial score (nSPS) is 30.1. The molecule has 3 aliphatic rings. The molecule has 2 fully saturated rings. The molecule has 1 aliphatic carbocycles. The van der Waals surface area contributed by atoms with E-state index in [4.69, 9.17) is 4.74 Å². The molecule has 4 atom stereocenters. The van der Waals surface area contributed by atoms with Crippen LogP contribution in [0.2, 0.25) is 0 Å². The smallest absolute Gasteiger partial charge is 0.410 e. The summed E-state index contributed by atoms with van der Waals surface area (Å²) in [6.07, 6.45) is 0.894. The van der Waals surface area contributed by atoms with Gasteiger partial charge in [0.1, 0.15) is 5.60 Å². The Morgan fingerprint density at radius 3 is 2.62 bits per heavy atom. The first-order valence-electron chi connectivity index (χ1n) is 9.34. The lowest BCUT2D eigenvalue weighted by atomic mass is 9.73. The molecule has 2 aliphatic heterocycles. The van der Waals surface area contributed by atoms with Crippen molar-refractivity contribution in [3.05, 3.63) is 35.4 Å². The van der Waals surface area contributed by atoms with E-state index in [0.29, 0.717) is 36.1 Å². The van der Waals surface area contributed by atoms with E-state index in [0.717, 1.165) is 12.8 Å². The zero-order valence-corrected chi connectivity index (χ0v) is 15.5. The van der Waals surface area contributed by atoms with Crippen LogP contribution in [0.4, 0.5) is 4.79 Å². The summed E-state index contributed by atoms with van der Waals surface area (Å²) in [6, 6.07) is 7.05. The minimum atomic E-state index is -0.946. The highest BCUT2D eigenvalue weighted by Crippen LogP contribution is 2.46. The van der Waals surface area contributed by atoms with Gasteiger partial charge in [0.15, 0.2) is 6.23 Å². The number of fused-ring (bicyclic) bond motifs is 2. The maximum Gasteiger partial charge on any atom is 0.410 e. The summed E-state index contributed by atoms with van der Waals surface area (Å²) in [5.74, 6) is 0.691. The average molecular weight is 358 g/mol. The molecule has 26 heavy (non-hydrogen) atoms. The van der Waals surface area contributed by atoms with Gasteiger partial charge in [0.2, 0.25) is 0 Å². The fourth-order valence-corrected chi connectivity index (χ4v) is 4.45. The molecular weight excluding hydrogens is 332 g/mol. The van der Waals surface area contributed by atoms with Gasteiger partial charge in [0.05, 0.1) is 6.04 Å². The summed E-state index contributed by atoms with van der Waals surface area (Å²) < 4.78 is 5.58. The number of aliphatic hydroxyl groups is 1. The minimum Gasteiger partial charge on any atom is -0.444 e. The molecule has 4 unspecified atom stereocenters. The zero-order chi connectivity index (χ0) is 18.6. The van der Waals surface area contributed by atoms with E-state index in [-0.39, 0.29) is 18.0 Å². The summed E-state index contributed by atoms with van der Waals surface area (Å²) in [6.45, 7) is 6.59. The number of ether oxygens (including phenoxy) is 1. The molecule has 0 spiro atoms. The van der Waals surface area contributed by atoms with E-state index in [1.807, 2.05) is 26.8 Å². The fraction of sp³-hybridized carbons (Fsp3) is 0.600. The molecule has 0 radical (unpaired) electrons. The number of nitrogens with zero attached hydrogens (tertiary/aromatic N) is 2. The number of rotatable bonds is 2. The van der Waals surface area contributed by atoms with Crippen LogP contribution in [0.3, 0.4) is 0 Å². The summed E-state index contributed by atoms with van der Waals surface area (Å²) in [5.41, 5.74) is 0.638. The van der Waals surface area contributed by atoms with Crippen molar-refractivity contribution < 1.29 is 19.4 Å². The van der Waals surface area contributed by atoms with Crippen molar-refractivity contribution in [2.24, 2.45) is 11.8 Å². The molecule has 2 heterocycles. The Morgan fingerprint density at radius 1 is 1.27 bits per heavy atom. The van der Waals surface area contributed by atoms with Crippen LogP contribution in [0.25, 0.3) is 0 Å². The quantitative estimate of drug-likeness (QED) is 0.883. The van der Waals surface area contributed by atoms with Crippen LogP contribution in [-0.2, 0) is 4.74 Å². The van der Waals surface area contributed by atoms with E-state index >= 15 is 0 Å². The molecule has 0 aromatic heterocycles. The third-order valence-electron chi connectivity index (χ3n) is 5.84. The lowest BCUT2D eigenvalue weighted by Gasteiger charge is -2.37. The second-order valence-electron chi connectivity index (χ2n) is 8.62. The first kappa shape index (κ1) is 17.3. The van der Waals surface area contributed by atoms with Gasteiger partial charge in [-0.25, -0.2) is 4.79 Å². The molecule has 1 N–H and O–H groups in total. The largest absolute Gasteiger partial charge is 0.444 e. The van der Waals surface area contributed by atoms with E-state index < -0.39 is 11.8 Å². The maximum atomic E-state index is 12.7. The molecule has 6 nitrogen and oxygen atoms in total. The molecule has 1 saturated carbocycles. The van der Waals surface area contributed by atoms with Crippen molar-refractivity contribution in [2.75, 3.05) is 13.1 Å². The molecule has 1 saturated heterocycles. The fourth-order valence-electron chi connectivity index (χ4n) is 4.45. The van der Waals surface area contributed by atoms with Crippen LogP contribution in [0.15, 0.2) is 24.3 Å². The summed E-state index contributed by atoms with van der Waals surface area (Å²) in [5, 5.41) is 10.6. The average Bonchev–Trinajstić information content (AvgIpc) is 2.92. The molecule has 6 heteroatoms. The summed E-state index contributed by atoms with van der Waals surface area (Å²) in [7, 11) is 0. The number of carbonyl (C=O) groups excluding carboxylic acids is 2. The predicted octanol–water partition coefficient (Wildman–Crippen LogP) is 2.78. The number of amides is 2. The Hall–Kier alpha value is -2.08. The number of likely N-dealkylation sites (tertiary alicyclic amines) is 1. The first-order chi connectivity index (χ1) is 12.3. The van der Waals surface area contributed by atoms with Gasteiger partial charge in [0, 0.05) is 24.2 Å².